The molecule has 0 aliphatic carbocycles. The molecule has 3 N–H and O–H groups in total. The van der Waals surface area contributed by atoms with Gasteiger partial charge in [-0.2, -0.15) is 0 Å². The molecule has 2 amide bonds. The Hall–Kier alpha value is -2.02. The van der Waals surface area contributed by atoms with Crippen molar-refractivity contribution in [2.24, 2.45) is 5.92 Å². The van der Waals surface area contributed by atoms with Gasteiger partial charge in [0.05, 0.1) is 11.2 Å². The van der Waals surface area contributed by atoms with E-state index < -0.39 is 23.1 Å². The van der Waals surface area contributed by atoms with Crippen molar-refractivity contribution in [1.82, 2.24) is 10.6 Å². The Bertz CT molecular complexity index is 589. The smallest absolute Gasteiger partial charge is 0.254 e. The molecule has 0 saturated carbocycles. The van der Waals surface area contributed by atoms with Crippen LogP contribution < -0.4 is 10.6 Å². The molecule has 0 aliphatic rings. The first-order chi connectivity index (χ1) is 11.1. The van der Waals surface area contributed by atoms with Gasteiger partial charge in [0.25, 0.3) is 5.91 Å². The highest BCUT2D eigenvalue weighted by Gasteiger charge is 2.25. The van der Waals surface area contributed by atoms with E-state index in [4.69, 9.17) is 0 Å². The zero-order valence-electron chi connectivity index (χ0n) is 14.2. The molecular weight excluding hydrogens is 318 g/mol. The fourth-order valence-corrected chi connectivity index (χ4v) is 1.79. The Morgan fingerprint density at radius 3 is 2.50 bits per heavy atom. The van der Waals surface area contributed by atoms with Crippen LogP contribution in [0.25, 0.3) is 0 Å². The van der Waals surface area contributed by atoms with Gasteiger partial charge in [0, 0.05) is 25.6 Å². The van der Waals surface area contributed by atoms with Crippen molar-refractivity contribution in [3.63, 3.8) is 0 Å². The number of nitrogens with one attached hydrogen (secondary N) is 2. The number of carbonyl (C=O) groups excluding carboxylic acids is 2. The van der Waals surface area contributed by atoms with E-state index >= 15 is 0 Å². The summed E-state index contributed by atoms with van der Waals surface area (Å²) in [5.74, 6) is -2.57. The van der Waals surface area contributed by atoms with E-state index in [2.05, 4.69) is 10.6 Å². The van der Waals surface area contributed by atoms with Crippen LogP contribution in [0.1, 0.15) is 44.0 Å². The zero-order valence-corrected chi connectivity index (χ0v) is 14.2. The van der Waals surface area contributed by atoms with Crippen LogP contribution in [0.4, 0.5) is 8.78 Å². The monoisotopic (exact) mass is 342 g/mol. The number of carbonyl (C=O) groups is 2. The van der Waals surface area contributed by atoms with Crippen molar-refractivity contribution in [3.05, 3.63) is 35.4 Å². The number of aliphatic hydroxyl groups is 1. The van der Waals surface area contributed by atoms with Gasteiger partial charge in [-0.1, -0.05) is 13.8 Å². The number of benzene rings is 1. The summed E-state index contributed by atoms with van der Waals surface area (Å²) in [6.45, 7) is 5.70. The molecule has 1 rings (SSSR count). The number of rotatable bonds is 8. The minimum absolute atomic E-state index is 0.00249. The first kappa shape index (κ1) is 20.0. The molecule has 134 valence electrons. The van der Waals surface area contributed by atoms with E-state index in [0.29, 0.717) is 12.5 Å². The fraction of sp³-hybridized carbons (Fsp3) is 0.529. The standard InChI is InChI=1S/C17H24F2N2O3/c1-11(2)17(3,24)10-21-15(22)5-4-8-20-16(23)13-7-6-12(18)9-14(13)19/h6-7,9,11,24H,4-5,8,10H2,1-3H3,(H,20,23)(H,21,22). The van der Waals surface area contributed by atoms with Gasteiger partial charge in [0.2, 0.25) is 5.91 Å². The summed E-state index contributed by atoms with van der Waals surface area (Å²) in [5.41, 5.74) is -1.22. The molecule has 1 aromatic rings. The Morgan fingerprint density at radius 2 is 1.92 bits per heavy atom. The van der Waals surface area contributed by atoms with E-state index in [-0.39, 0.29) is 36.9 Å². The van der Waals surface area contributed by atoms with Crippen LogP contribution >= 0.6 is 0 Å². The molecule has 7 heteroatoms. The van der Waals surface area contributed by atoms with Crippen LogP contribution in [0.2, 0.25) is 0 Å². The molecule has 0 fully saturated rings. The minimum Gasteiger partial charge on any atom is -0.388 e. The van der Waals surface area contributed by atoms with E-state index in [9.17, 15) is 23.5 Å². The molecule has 0 aliphatic heterocycles. The first-order valence-corrected chi connectivity index (χ1v) is 7.86. The van der Waals surface area contributed by atoms with Gasteiger partial charge in [0.1, 0.15) is 11.6 Å². The summed E-state index contributed by atoms with van der Waals surface area (Å²) in [4.78, 5) is 23.4. The number of halogens is 2. The molecule has 1 atom stereocenters. The predicted octanol–water partition coefficient (Wildman–Crippen LogP) is 2.00. The largest absolute Gasteiger partial charge is 0.388 e. The van der Waals surface area contributed by atoms with Crippen LogP contribution in [0.3, 0.4) is 0 Å². The second-order valence-corrected chi connectivity index (χ2v) is 6.27. The highest BCUT2D eigenvalue weighted by atomic mass is 19.1. The molecule has 5 nitrogen and oxygen atoms in total. The lowest BCUT2D eigenvalue weighted by molar-refractivity contribution is -0.122. The molecule has 1 unspecified atom stereocenters. The van der Waals surface area contributed by atoms with Gasteiger partial charge in [-0.15, -0.1) is 0 Å². The zero-order chi connectivity index (χ0) is 18.3. The SMILES string of the molecule is CC(C)C(C)(O)CNC(=O)CCCNC(=O)c1ccc(F)cc1F. The molecule has 0 saturated heterocycles. The lowest BCUT2D eigenvalue weighted by atomic mass is 9.92. The molecule has 0 bridgehead atoms. The minimum atomic E-state index is -0.982. The summed E-state index contributed by atoms with van der Waals surface area (Å²) < 4.78 is 26.2. The maximum absolute atomic E-state index is 13.4. The lowest BCUT2D eigenvalue weighted by Gasteiger charge is -2.27. The number of hydrogen-bond acceptors (Lipinski definition) is 3. The van der Waals surface area contributed by atoms with Crippen LogP contribution in [0, 0.1) is 17.6 Å². The highest BCUT2D eigenvalue weighted by Crippen LogP contribution is 2.14. The van der Waals surface area contributed by atoms with E-state index in [1.807, 2.05) is 13.8 Å². The molecule has 0 radical (unpaired) electrons. The lowest BCUT2D eigenvalue weighted by Crippen LogP contribution is -2.44. The Kier molecular flexibility index (Phi) is 7.28. The van der Waals surface area contributed by atoms with Crippen molar-refractivity contribution in [3.8, 4) is 0 Å². The summed E-state index contributed by atoms with van der Waals surface area (Å²) in [5, 5.41) is 15.1. The molecule has 0 heterocycles. The summed E-state index contributed by atoms with van der Waals surface area (Å²) >= 11 is 0. The topological polar surface area (TPSA) is 78.4 Å². The second kappa shape index (κ2) is 8.73. The van der Waals surface area contributed by atoms with Crippen LogP contribution in [0.15, 0.2) is 18.2 Å². The Morgan fingerprint density at radius 1 is 1.25 bits per heavy atom. The predicted molar refractivity (Wildman–Crippen MR) is 86.4 cm³/mol. The van der Waals surface area contributed by atoms with Gasteiger partial charge >= 0.3 is 0 Å². The van der Waals surface area contributed by atoms with E-state index in [0.717, 1.165) is 12.1 Å². The third-order valence-corrected chi connectivity index (χ3v) is 3.93. The molecule has 1 aromatic carbocycles. The van der Waals surface area contributed by atoms with Crippen molar-refractivity contribution >= 4 is 11.8 Å². The van der Waals surface area contributed by atoms with Crippen molar-refractivity contribution in [1.29, 1.82) is 0 Å². The maximum atomic E-state index is 13.4. The van der Waals surface area contributed by atoms with Gasteiger partial charge in [-0.25, -0.2) is 8.78 Å². The van der Waals surface area contributed by atoms with Crippen LogP contribution in [0.5, 0.6) is 0 Å². The van der Waals surface area contributed by atoms with Gasteiger partial charge in [0.15, 0.2) is 0 Å². The molecule has 0 spiro atoms. The van der Waals surface area contributed by atoms with Gasteiger partial charge < -0.3 is 15.7 Å². The van der Waals surface area contributed by atoms with Gasteiger partial charge in [-0.3, -0.25) is 9.59 Å². The third kappa shape index (κ3) is 6.23. The summed E-state index contributed by atoms with van der Waals surface area (Å²) in [7, 11) is 0. The molecule has 0 aromatic heterocycles. The molecular formula is C17H24F2N2O3. The van der Waals surface area contributed by atoms with E-state index in [1.54, 1.807) is 6.92 Å². The average molecular weight is 342 g/mol. The summed E-state index contributed by atoms with van der Waals surface area (Å²) in [6, 6.07) is 2.72. The van der Waals surface area contributed by atoms with Gasteiger partial charge in [-0.05, 0) is 31.4 Å². The van der Waals surface area contributed by atoms with Crippen molar-refractivity contribution in [2.75, 3.05) is 13.1 Å². The van der Waals surface area contributed by atoms with E-state index in [1.165, 1.54) is 0 Å². The Balaban J connectivity index is 2.30. The molecule has 24 heavy (non-hydrogen) atoms. The number of hydrogen-bond donors (Lipinski definition) is 3. The van der Waals surface area contributed by atoms with Crippen LogP contribution in [-0.4, -0.2) is 35.6 Å². The summed E-state index contributed by atoms with van der Waals surface area (Å²) in [6.07, 6.45) is 0.532. The Labute approximate surface area is 140 Å². The fourth-order valence-electron chi connectivity index (χ4n) is 1.79. The first-order valence-electron chi connectivity index (χ1n) is 7.86. The third-order valence-electron chi connectivity index (χ3n) is 3.93. The van der Waals surface area contributed by atoms with Crippen molar-refractivity contribution in [2.45, 2.75) is 39.2 Å². The maximum Gasteiger partial charge on any atom is 0.254 e. The normalized spacial score (nSPS) is 13.5. The highest BCUT2D eigenvalue weighted by molar-refractivity contribution is 5.94. The average Bonchev–Trinajstić information content (AvgIpc) is 2.49. The van der Waals surface area contributed by atoms with Crippen molar-refractivity contribution < 1.29 is 23.5 Å². The quantitative estimate of drug-likeness (QED) is 0.632. The van der Waals surface area contributed by atoms with Crippen LogP contribution in [-0.2, 0) is 4.79 Å². The number of amides is 2. The second-order valence-electron chi connectivity index (χ2n) is 6.27.